The lowest BCUT2D eigenvalue weighted by Crippen LogP contribution is -2.20. The van der Waals surface area contributed by atoms with E-state index in [1.807, 2.05) is 48.5 Å². The summed E-state index contributed by atoms with van der Waals surface area (Å²) in [7, 11) is 0. The molecule has 0 aliphatic carbocycles. The Hall–Kier alpha value is -1.64. The zero-order valence-electron chi connectivity index (χ0n) is 9.71. The number of benzene rings is 2. The van der Waals surface area contributed by atoms with Crippen LogP contribution in [0.15, 0.2) is 60.7 Å². The Bertz CT molecular complexity index is 427. The van der Waals surface area contributed by atoms with Crippen molar-refractivity contribution in [1.82, 2.24) is 5.32 Å². The first-order chi connectivity index (χ1) is 8.36. The fourth-order valence-electron chi connectivity index (χ4n) is 1.74. The van der Waals surface area contributed by atoms with Crippen LogP contribution in [0.4, 0.5) is 0 Å². The third-order valence-corrected chi connectivity index (χ3v) is 2.69. The Balaban J connectivity index is 1.79. The van der Waals surface area contributed by atoms with Gasteiger partial charge in [0.15, 0.2) is 0 Å². The van der Waals surface area contributed by atoms with Crippen LogP contribution >= 0.6 is 0 Å². The molecule has 2 aromatic rings. The van der Waals surface area contributed by atoms with Crippen molar-refractivity contribution in [3.05, 3.63) is 71.8 Å². The van der Waals surface area contributed by atoms with Crippen molar-refractivity contribution < 1.29 is 5.11 Å². The molecule has 0 spiro atoms. The fraction of sp³-hybridized carbons (Fsp3) is 0.200. The zero-order valence-corrected chi connectivity index (χ0v) is 9.71. The van der Waals surface area contributed by atoms with Crippen LogP contribution in [0.5, 0.6) is 0 Å². The van der Waals surface area contributed by atoms with Crippen molar-refractivity contribution in [3.8, 4) is 0 Å². The van der Waals surface area contributed by atoms with Crippen LogP contribution in [0.2, 0.25) is 0 Å². The first-order valence-corrected chi connectivity index (χ1v) is 5.84. The Kier molecular flexibility index (Phi) is 4.30. The summed E-state index contributed by atoms with van der Waals surface area (Å²) in [5.74, 6) is 0. The quantitative estimate of drug-likeness (QED) is 0.822. The molecule has 0 fully saturated rings. The molecule has 0 saturated heterocycles. The van der Waals surface area contributed by atoms with E-state index < -0.39 is 6.10 Å². The van der Waals surface area contributed by atoms with Crippen LogP contribution in [-0.2, 0) is 6.54 Å². The summed E-state index contributed by atoms with van der Waals surface area (Å²) < 4.78 is 0. The molecule has 0 aliphatic heterocycles. The van der Waals surface area contributed by atoms with Crippen LogP contribution in [-0.4, -0.2) is 11.7 Å². The summed E-state index contributed by atoms with van der Waals surface area (Å²) in [4.78, 5) is 0. The van der Waals surface area contributed by atoms with Gasteiger partial charge in [0.2, 0.25) is 0 Å². The van der Waals surface area contributed by atoms with Crippen LogP contribution in [0.25, 0.3) is 0 Å². The van der Waals surface area contributed by atoms with E-state index in [2.05, 4.69) is 17.4 Å². The lowest BCUT2D eigenvalue weighted by Gasteiger charge is -2.12. The van der Waals surface area contributed by atoms with Crippen LogP contribution in [0.3, 0.4) is 0 Å². The van der Waals surface area contributed by atoms with Crippen molar-refractivity contribution in [1.29, 1.82) is 0 Å². The Morgan fingerprint density at radius 3 is 2.12 bits per heavy atom. The monoisotopic (exact) mass is 227 g/mol. The maximum absolute atomic E-state index is 9.94. The molecule has 0 bridgehead atoms. The van der Waals surface area contributed by atoms with Gasteiger partial charge in [0.1, 0.15) is 0 Å². The maximum Gasteiger partial charge on any atom is 0.0914 e. The van der Waals surface area contributed by atoms with Gasteiger partial charge in [-0.05, 0) is 11.1 Å². The molecule has 2 heteroatoms. The Morgan fingerprint density at radius 1 is 0.882 bits per heavy atom. The number of rotatable bonds is 5. The van der Waals surface area contributed by atoms with Gasteiger partial charge in [-0.25, -0.2) is 0 Å². The highest BCUT2D eigenvalue weighted by Gasteiger charge is 2.05. The van der Waals surface area contributed by atoms with Crippen LogP contribution in [0, 0.1) is 0 Å². The maximum atomic E-state index is 9.94. The van der Waals surface area contributed by atoms with E-state index in [0.29, 0.717) is 6.54 Å². The third-order valence-electron chi connectivity index (χ3n) is 2.69. The number of nitrogens with one attached hydrogen (secondary N) is 1. The number of aliphatic hydroxyl groups is 1. The lowest BCUT2D eigenvalue weighted by atomic mass is 10.1. The van der Waals surface area contributed by atoms with Gasteiger partial charge in [0.25, 0.3) is 0 Å². The summed E-state index contributed by atoms with van der Waals surface area (Å²) in [6.45, 7) is 1.35. The van der Waals surface area contributed by atoms with E-state index in [9.17, 15) is 5.11 Å². The predicted octanol–water partition coefficient (Wildman–Crippen LogP) is 2.51. The zero-order chi connectivity index (χ0) is 11.9. The summed E-state index contributed by atoms with van der Waals surface area (Å²) in [6.07, 6.45) is -0.445. The molecule has 0 unspecified atom stereocenters. The minimum Gasteiger partial charge on any atom is -0.387 e. The molecule has 0 aliphatic rings. The number of aliphatic hydroxyl groups excluding tert-OH is 1. The largest absolute Gasteiger partial charge is 0.387 e. The van der Waals surface area contributed by atoms with Gasteiger partial charge in [-0.3, -0.25) is 0 Å². The topological polar surface area (TPSA) is 32.3 Å². The van der Waals surface area contributed by atoms with Gasteiger partial charge in [-0.2, -0.15) is 0 Å². The molecule has 88 valence electrons. The summed E-state index contributed by atoms with van der Waals surface area (Å²) in [5, 5.41) is 13.2. The average molecular weight is 227 g/mol. The van der Waals surface area contributed by atoms with Crippen molar-refractivity contribution >= 4 is 0 Å². The van der Waals surface area contributed by atoms with E-state index >= 15 is 0 Å². The summed E-state index contributed by atoms with van der Waals surface area (Å²) in [5.41, 5.74) is 2.18. The second kappa shape index (κ2) is 6.18. The van der Waals surface area contributed by atoms with E-state index in [1.54, 1.807) is 0 Å². The number of hydrogen-bond acceptors (Lipinski definition) is 2. The smallest absolute Gasteiger partial charge is 0.0914 e. The summed E-state index contributed by atoms with van der Waals surface area (Å²) >= 11 is 0. The Labute approximate surface area is 102 Å². The molecular formula is C15H17NO. The standard InChI is InChI=1S/C15H17NO/c17-15(14-9-5-2-6-10-14)12-16-11-13-7-3-1-4-8-13/h1-10,15-17H,11-12H2/t15-/m1/s1. The number of hydrogen-bond donors (Lipinski definition) is 2. The molecule has 0 heterocycles. The van der Waals surface area contributed by atoms with Gasteiger partial charge in [0.05, 0.1) is 6.10 Å². The van der Waals surface area contributed by atoms with Gasteiger partial charge in [0, 0.05) is 13.1 Å². The van der Waals surface area contributed by atoms with Crippen molar-refractivity contribution in [2.45, 2.75) is 12.6 Å². The van der Waals surface area contributed by atoms with Gasteiger partial charge in [-0.15, -0.1) is 0 Å². The molecule has 1 atom stereocenters. The molecule has 2 N–H and O–H groups in total. The van der Waals surface area contributed by atoms with Crippen LogP contribution < -0.4 is 5.32 Å². The normalized spacial score (nSPS) is 12.3. The van der Waals surface area contributed by atoms with Gasteiger partial charge >= 0.3 is 0 Å². The minimum atomic E-state index is -0.445. The predicted molar refractivity (Wildman–Crippen MR) is 69.6 cm³/mol. The molecular weight excluding hydrogens is 210 g/mol. The highest BCUT2D eigenvalue weighted by molar-refractivity contribution is 5.18. The van der Waals surface area contributed by atoms with E-state index in [0.717, 1.165) is 12.1 Å². The van der Waals surface area contributed by atoms with Crippen molar-refractivity contribution in [2.75, 3.05) is 6.54 Å². The molecule has 2 nitrogen and oxygen atoms in total. The second-order valence-corrected chi connectivity index (χ2v) is 4.04. The molecule has 0 saturated carbocycles. The first-order valence-electron chi connectivity index (χ1n) is 5.84. The molecule has 17 heavy (non-hydrogen) atoms. The molecule has 0 radical (unpaired) electrons. The first kappa shape index (κ1) is 11.8. The van der Waals surface area contributed by atoms with E-state index in [-0.39, 0.29) is 0 Å². The molecule has 0 amide bonds. The molecule has 2 rings (SSSR count). The molecule has 2 aromatic carbocycles. The third kappa shape index (κ3) is 3.70. The highest BCUT2D eigenvalue weighted by atomic mass is 16.3. The van der Waals surface area contributed by atoms with E-state index in [4.69, 9.17) is 0 Å². The molecule has 0 aromatic heterocycles. The minimum absolute atomic E-state index is 0.445. The highest BCUT2D eigenvalue weighted by Crippen LogP contribution is 2.10. The average Bonchev–Trinajstić information content (AvgIpc) is 2.41. The second-order valence-electron chi connectivity index (χ2n) is 4.04. The fourth-order valence-corrected chi connectivity index (χ4v) is 1.74. The van der Waals surface area contributed by atoms with E-state index in [1.165, 1.54) is 5.56 Å². The van der Waals surface area contributed by atoms with Crippen molar-refractivity contribution in [3.63, 3.8) is 0 Å². The van der Waals surface area contributed by atoms with Crippen LogP contribution in [0.1, 0.15) is 17.2 Å². The van der Waals surface area contributed by atoms with Gasteiger partial charge < -0.3 is 10.4 Å². The lowest BCUT2D eigenvalue weighted by molar-refractivity contribution is 0.174. The van der Waals surface area contributed by atoms with Crippen molar-refractivity contribution in [2.24, 2.45) is 0 Å². The summed E-state index contributed by atoms with van der Waals surface area (Å²) in [6, 6.07) is 19.9. The van der Waals surface area contributed by atoms with Gasteiger partial charge in [-0.1, -0.05) is 60.7 Å². The SMILES string of the molecule is O[C@H](CNCc1ccccc1)c1ccccc1. The Morgan fingerprint density at radius 2 is 1.47 bits per heavy atom.